The average Bonchev–Trinajstić information content (AvgIpc) is 3.19. The van der Waals surface area contributed by atoms with Crippen molar-refractivity contribution in [3.8, 4) is 11.3 Å². The lowest BCUT2D eigenvalue weighted by Crippen LogP contribution is -2.29. The van der Waals surface area contributed by atoms with Gasteiger partial charge in [0.1, 0.15) is 5.69 Å². The standard InChI is InChI=1S/C22H17N5O2/c1-12-4-5-15(10-13(12)2)27-21(28)16-11-24-20-18(17(16)22(27)29)19(25-26(20)3)14-6-8-23-9-7-14/h4-11H,1-3H3. The second-order valence-corrected chi connectivity index (χ2v) is 7.17. The summed E-state index contributed by atoms with van der Waals surface area (Å²) in [7, 11) is 1.77. The van der Waals surface area contributed by atoms with Gasteiger partial charge in [-0.3, -0.25) is 14.6 Å². The second-order valence-electron chi connectivity index (χ2n) is 7.17. The summed E-state index contributed by atoms with van der Waals surface area (Å²) in [4.78, 5) is 36.3. The van der Waals surface area contributed by atoms with Crippen molar-refractivity contribution < 1.29 is 9.59 Å². The molecule has 0 fully saturated rings. The maximum absolute atomic E-state index is 13.4. The molecule has 0 spiro atoms. The first-order valence-electron chi connectivity index (χ1n) is 9.19. The first kappa shape index (κ1) is 17.2. The summed E-state index contributed by atoms with van der Waals surface area (Å²) < 4.78 is 1.63. The Bertz CT molecular complexity index is 1320. The highest BCUT2D eigenvalue weighted by atomic mass is 16.2. The zero-order valence-corrected chi connectivity index (χ0v) is 16.2. The Labute approximate surface area is 166 Å². The lowest BCUT2D eigenvalue weighted by atomic mass is 10.0. The fourth-order valence-electron chi connectivity index (χ4n) is 3.74. The van der Waals surface area contributed by atoms with Crippen LogP contribution < -0.4 is 4.90 Å². The molecule has 29 heavy (non-hydrogen) atoms. The van der Waals surface area contributed by atoms with Crippen LogP contribution in [-0.4, -0.2) is 31.6 Å². The molecule has 1 aromatic carbocycles. The van der Waals surface area contributed by atoms with Crippen LogP contribution in [0.4, 0.5) is 5.69 Å². The quantitative estimate of drug-likeness (QED) is 0.495. The van der Waals surface area contributed by atoms with Crippen molar-refractivity contribution in [2.24, 2.45) is 7.05 Å². The Kier molecular flexibility index (Phi) is 3.61. The number of carbonyl (C=O) groups excluding carboxylic acids is 2. The number of aryl methyl sites for hydroxylation is 3. The summed E-state index contributed by atoms with van der Waals surface area (Å²) in [5.74, 6) is -0.726. The van der Waals surface area contributed by atoms with E-state index in [0.29, 0.717) is 33.5 Å². The molecule has 0 bridgehead atoms. The summed E-state index contributed by atoms with van der Waals surface area (Å²) >= 11 is 0. The smallest absolute Gasteiger partial charge is 0.267 e. The van der Waals surface area contributed by atoms with Crippen LogP contribution in [0, 0.1) is 13.8 Å². The number of hydrogen-bond acceptors (Lipinski definition) is 5. The van der Waals surface area contributed by atoms with Gasteiger partial charge in [0.25, 0.3) is 11.8 Å². The predicted molar refractivity (Wildman–Crippen MR) is 109 cm³/mol. The number of pyridine rings is 2. The van der Waals surface area contributed by atoms with Crippen LogP contribution in [0.15, 0.2) is 48.9 Å². The van der Waals surface area contributed by atoms with Crippen LogP contribution >= 0.6 is 0 Å². The van der Waals surface area contributed by atoms with Crippen molar-refractivity contribution >= 4 is 28.5 Å². The molecule has 0 atom stereocenters. The van der Waals surface area contributed by atoms with Gasteiger partial charge in [-0.25, -0.2) is 14.6 Å². The molecule has 1 aliphatic rings. The number of nitrogens with zero attached hydrogens (tertiary/aromatic N) is 5. The molecule has 0 saturated carbocycles. The van der Waals surface area contributed by atoms with E-state index in [1.165, 1.54) is 11.1 Å². The molecular weight excluding hydrogens is 366 g/mol. The number of carbonyl (C=O) groups is 2. The normalized spacial score (nSPS) is 13.4. The molecule has 7 heteroatoms. The number of aromatic nitrogens is 4. The number of benzene rings is 1. The van der Waals surface area contributed by atoms with E-state index in [0.717, 1.165) is 16.7 Å². The first-order valence-corrected chi connectivity index (χ1v) is 9.19. The van der Waals surface area contributed by atoms with Gasteiger partial charge < -0.3 is 0 Å². The van der Waals surface area contributed by atoms with E-state index < -0.39 is 0 Å². The first-order chi connectivity index (χ1) is 14.0. The maximum Gasteiger partial charge on any atom is 0.267 e. The Morgan fingerprint density at radius 1 is 0.931 bits per heavy atom. The summed E-state index contributed by atoms with van der Waals surface area (Å²) in [5.41, 5.74) is 5.29. The fraction of sp³-hybridized carbons (Fsp3) is 0.136. The van der Waals surface area contributed by atoms with E-state index in [-0.39, 0.29) is 11.8 Å². The Morgan fingerprint density at radius 2 is 1.69 bits per heavy atom. The molecule has 0 radical (unpaired) electrons. The van der Waals surface area contributed by atoms with Crippen LogP contribution in [0.2, 0.25) is 0 Å². The lowest BCUT2D eigenvalue weighted by molar-refractivity contribution is 0.0926. The van der Waals surface area contributed by atoms with E-state index in [9.17, 15) is 9.59 Å². The molecule has 3 aromatic heterocycles. The molecule has 142 valence electrons. The van der Waals surface area contributed by atoms with Crippen molar-refractivity contribution in [2.75, 3.05) is 4.90 Å². The van der Waals surface area contributed by atoms with Gasteiger partial charge in [-0.2, -0.15) is 5.10 Å². The second kappa shape index (κ2) is 6.07. The van der Waals surface area contributed by atoms with Gasteiger partial charge in [-0.05, 0) is 49.2 Å². The molecule has 4 aromatic rings. The van der Waals surface area contributed by atoms with Crippen LogP contribution in [0.1, 0.15) is 31.8 Å². The van der Waals surface area contributed by atoms with Gasteiger partial charge in [-0.15, -0.1) is 0 Å². The van der Waals surface area contributed by atoms with Gasteiger partial charge in [0.05, 0.1) is 22.2 Å². The lowest BCUT2D eigenvalue weighted by Gasteiger charge is -2.15. The third kappa shape index (κ3) is 2.40. The SMILES string of the molecule is Cc1ccc(N2C(=O)c3cnc4c(c(-c5ccncc5)nn4C)c3C2=O)cc1C. The van der Waals surface area contributed by atoms with Crippen LogP contribution in [0.25, 0.3) is 22.3 Å². The van der Waals surface area contributed by atoms with E-state index in [2.05, 4.69) is 15.1 Å². The number of hydrogen-bond donors (Lipinski definition) is 0. The summed E-state index contributed by atoms with van der Waals surface area (Å²) in [5, 5.41) is 5.15. The highest BCUT2D eigenvalue weighted by molar-refractivity contribution is 6.38. The van der Waals surface area contributed by atoms with E-state index in [1.807, 2.05) is 38.1 Å². The minimum atomic E-state index is -0.368. The highest BCUT2D eigenvalue weighted by Gasteiger charge is 2.40. The number of amides is 2. The van der Waals surface area contributed by atoms with Gasteiger partial charge in [0, 0.05) is 31.2 Å². The molecular formula is C22H17N5O2. The predicted octanol–water partition coefficient (Wildman–Crippen LogP) is 3.45. The number of anilines is 1. The van der Waals surface area contributed by atoms with Gasteiger partial charge in [0.15, 0.2) is 5.65 Å². The van der Waals surface area contributed by atoms with Crippen molar-refractivity contribution in [3.63, 3.8) is 0 Å². The molecule has 5 rings (SSSR count). The van der Waals surface area contributed by atoms with Crippen LogP contribution in [0.3, 0.4) is 0 Å². The molecule has 7 nitrogen and oxygen atoms in total. The van der Waals surface area contributed by atoms with Crippen LogP contribution in [0.5, 0.6) is 0 Å². The van der Waals surface area contributed by atoms with Crippen molar-refractivity contribution in [1.82, 2.24) is 19.7 Å². The zero-order valence-electron chi connectivity index (χ0n) is 16.2. The third-order valence-corrected chi connectivity index (χ3v) is 5.41. The molecule has 0 unspecified atom stereocenters. The van der Waals surface area contributed by atoms with Gasteiger partial charge >= 0.3 is 0 Å². The monoisotopic (exact) mass is 383 g/mol. The molecule has 0 N–H and O–H groups in total. The third-order valence-electron chi connectivity index (χ3n) is 5.41. The summed E-state index contributed by atoms with van der Waals surface area (Å²) in [6.45, 7) is 3.95. The molecule has 0 aliphatic carbocycles. The number of rotatable bonds is 2. The van der Waals surface area contributed by atoms with Gasteiger partial charge in [-0.1, -0.05) is 6.07 Å². The average molecular weight is 383 g/mol. The van der Waals surface area contributed by atoms with Crippen LogP contribution in [-0.2, 0) is 7.05 Å². The molecule has 1 aliphatic heterocycles. The van der Waals surface area contributed by atoms with E-state index in [4.69, 9.17) is 0 Å². The Hall–Kier alpha value is -3.87. The minimum absolute atomic E-state index is 0.295. The van der Waals surface area contributed by atoms with Crippen molar-refractivity contribution in [2.45, 2.75) is 13.8 Å². The summed E-state index contributed by atoms with van der Waals surface area (Å²) in [6.07, 6.45) is 4.80. The van der Waals surface area contributed by atoms with Crippen molar-refractivity contribution in [1.29, 1.82) is 0 Å². The Balaban J connectivity index is 1.76. The zero-order chi connectivity index (χ0) is 20.3. The largest absolute Gasteiger partial charge is 0.268 e. The molecule has 2 amide bonds. The maximum atomic E-state index is 13.4. The fourth-order valence-corrected chi connectivity index (χ4v) is 3.74. The molecule has 4 heterocycles. The number of fused-ring (bicyclic) bond motifs is 3. The van der Waals surface area contributed by atoms with Crippen molar-refractivity contribution in [3.05, 3.63) is 71.2 Å². The highest BCUT2D eigenvalue weighted by Crippen LogP contribution is 2.37. The summed E-state index contributed by atoms with van der Waals surface area (Å²) in [6, 6.07) is 9.21. The topological polar surface area (TPSA) is 81.0 Å². The van der Waals surface area contributed by atoms with E-state index >= 15 is 0 Å². The number of imide groups is 1. The van der Waals surface area contributed by atoms with E-state index in [1.54, 1.807) is 30.2 Å². The van der Waals surface area contributed by atoms with Gasteiger partial charge in [0.2, 0.25) is 0 Å². The minimum Gasteiger partial charge on any atom is -0.268 e. The molecule has 0 saturated heterocycles. The Morgan fingerprint density at radius 3 is 2.41 bits per heavy atom.